The van der Waals surface area contributed by atoms with Crippen molar-refractivity contribution in [1.29, 1.82) is 0 Å². The van der Waals surface area contributed by atoms with Crippen LogP contribution in [0.1, 0.15) is 50.4 Å². The van der Waals surface area contributed by atoms with Crippen LogP contribution in [0.5, 0.6) is 0 Å². The van der Waals surface area contributed by atoms with Crippen molar-refractivity contribution in [1.82, 2.24) is 0 Å². The van der Waals surface area contributed by atoms with Crippen molar-refractivity contribution in [2.24, 2.45) is 5.73 Å². The number of nitrogens with one attached hydrogen (secondary N) is 1. The molecule has 136 valence electrons. The lowest BCUT2D eigenvalue weighted by Gasteiger charge is -2.07. The molecule has 0 bridgehead atoms. The van der Waals surface area contributed by atoms with E-state index in [0.29, 0.717) is 10.6 Å². The van der Waals surface area contributed by atoms with Crippen LogP contribution < -0.4 is 11.1 Å². The van der Waals surface area contributed by atoms with Crippen LogP contribution in [0.25, 0.3) is 0 Å². The van der Waals surface area contributed by atoms with Gasteiger partial charge in [-0.1, -0.05) is 18.0 Å². The second kappa shape index (κ2) is 7.43. The number of anilines is 1. The summed E-state index contributed by atoms with van der Waals surface area (Å²) in [6.45, 7) is 0. The van der Waals surface area contributed by atoms with Crippen LogP contribution in [0.3, 0.4) is 0 Å². The lowest BCUT2D eigenvalue weighted by molar-refractivity contribution is -0.384. The molecule has 0 unspecified atom stereocenters. The van der Waals surface area contributed by atoms with Crippen LogP contribution in [-0.4, -0.2) is 16.7 Å². The van der Waals surface area contributed by atoms with E-state index in [4.69, 9.17) is 17.3 Å². The van der Waals surface area contributed by atoms with E-state index in [9.17, 15) is 19.7 Å². The van der Waals surface area contributed by atoms with Gasteiger partial charge < -0.3 is 11.1 Å². The Bertz CT molecular complexity index is 910. The molecule has 0 radical (unpaired) electrons. The number of nitrogens with zero attached hydrogens (tertiary/aromatic N) is 1. The summed E-state index contributed by atoms with van der Waals surface area (Å²) < 4.78 is 0. The summed E-state index contributed by atoms with van der Waals surface area (Å²) in [7, 11) is 0. The standard InChI is InChI=1S/C17H16ClN3O4S/c18-12-8-9(21(24)25)6-7-10(12)16(23)20-17-14(15(19)22)11-4-2-1-3-5-13(11)26-17/h6-8H,1-5H2,(H2,19,22)(H,20,23). The maximum absolute atomic E-state index is 12.6. The van der Waals surface area contributed by atoms with Gasteiger partial charge in [0.05, 0.1) is 21.1 Å². The van der Waals surface area contributed by atoms with E-state index in [1.807, 2.05) is 0 Å². The number of nitro groups is 1. The Kier molecular flexibility index (Phi) is 5.24. The highest BCUT2D eigenvalue weighted by Gasteiger charge is 2.25. The second-order valence-corrected chi connectivity index (χ2v) is 7.52. The highest BCUT2D eigenvalue weighted by Crippen LogP contribution is 2.37. The predicted octanol–water partition coefficient (Wildman–Crippen LogP) is 3.93. The van der Waals surface area contributed by atoms with Gasteiger partial charge in [0.1, 0.15) is 5.00 Å². The fourth-order valence-electron chi connectivity index (χ4n) is 3.06. The Balaban J connectivity index is 1.93. The highest BCUT2D eigenvalue weighted by molar-refractivity contribution is 7.17. The molecule has 1 aromatic heterocycles. The number of aryl methyl sites for hydroxylation is 1. The number of hydrogen-bond donors (Lipinski definition) is 2. The van der Waals surface area contributed by atoms with Crippen LogP contribution in [0.15, 0.2) is 18.2 Å². The van der Waals surface area contributed by atoms with E-state index in [1.54, 1.807) is 0 Å². The van der Waals surface area contributed by atoms with Gasteiger partial charge in [0, 0.05) is 17.0 Å². The molecular weight excluding hydrogens is 378 g/mol. The van der Waals surface area contributed by atoms with Crippen LogP contribution in [0.2, 0.25) is 5.02 Å². The van der Waals surface area contributed by atoms with Gasteiger partial charge in [-0.2, -0.15) is 0 Å². The van der Waals surface area contributed by atoms with Crippen LogP contribution in [0.4, 0.5) is 10.7 Å². The number of nitrogens with two attached hydrogens (primary N) is 1. The third-order valence-corrected chi connectivity index (χ3v) is 5.82. The first-order valence-corrected chi connectivity index (χ1v) is 9.27. The molecule has 1 aliphatic rings. The highest BCUT2D eigenvalue weighted by atomic mass is 35.5. The summed E-state index contributed by atoms with van der Waals surface area (Å²) in [5, 5.41) is 13.9. The normalized spacial score (nSPS) is 13.6. The Hall–Kier alpha value is -2.45. The SMILES string of the molecule is NC(=O)c1c(NC(=O)c2ccc([N+](=O)[O-])cc2Cl)sc2c1CCCCC2. The molecule has 1 heterocycles. The quantitative estimate of drug-likeness (QED) is 0.465. The van der Waals surface area contributed by atoms with E-state index in [2.05, 4.69) is 5.32 Å². The molecule has 0 saturated heterocycles. The number of non-ortho nitro benzene ring substituents is 1. The molecular formula is C17H16ClN3O4S. The Morgan fingerprint density at radius 3 is 2.62 bits per heavy atom. The summed E-state index contributed by atoms with van der Waals surface area (Å²) in [6, 6.07) is 3.62. The van der Waals surface area contributed by atoms with Gasteiger partial charge in [-0.15, -0.1) is 11.3 Å². The van der Waals surface area contributed by atoms with Gasteiger partial charge in [0.25, 0.3) is 17.5 Å². The molecule has 0 fully saturated rings. The number of thiophene rings is 1. The molecule has 2 amide bonds. The van der Waals surface area contributed by atoms with Gasteiger partial charge in [-0.3, -0.25) is 19.7 Å². The number of nitro benzene ring substituents is 1. The first-order chi connectivity index (χ1) is 12.4. The molecule has 0 aliphatic heterocycles. The molecule has 9 heteroatoms. The number of halogens is 1. The molecule has 7 nitrogen and oxygen atoms in total. The number of carbonyl (C=O) groups is 2. The van der Waals surface area contributed by atoms with Gasteiger partial charge in [0.15, 0.2) is 0 Å². The number of amides is 2. The number of benzene rings is 1. The maximum atomic E-state index is 12.6. The summed E-state index contributed by atoms with van der Waals surface area (Å²) in [4.78, 5) is 35.8. The molecule has 0 atom stereocenters. The molecule has 3 rings (SSSR count). The lowest BCUT2D eigenvalue weighted by Crippen LogP contribution is -2.18. The van der Waals surface area contributed by atoms with Crippen molar-refractivity contribution in [2.75, 3.05) is 5.32 Å². The molecule has 1 aromatic carbocycles. The molecule has 26 heavy (non-hydrogen) atoms. The Morgan fingerprint density at radius 1 is 1.23 bits per heavy atom. The molecule has 0 spiro atoms. The number of hydrogen-bond acceptors (Lipinski definition) is 5. The summed E-state index contributed by atoms with van der Waals surface area (Å²) >= 11 is 7.36. The van der Waals surface area contributed by atoms with Crippen molar-refractivity contribution in [2.45, 2.75) is 32.1 Å². The van der Waals surface area contributed by atoms with Crippen LogP contribution >= 0.6 is 22.9 Å². The van der Waals surface area contributed by atoms with E-state index >= 15 is 0 Å². The zero-order valence-electron chi connectivity index (χ0n) is 13.7. The van der Waals surface area contributed by atoms with Crippen molar-refractivity contribution in [3.63, 3.8) is 0 Å². The average Bonchev–Trinajstić information content (AvgIpc) is 2.75. The number of fused-ring (bicyclic) bond motifs is 1. The van der Waals surface area contributed by atoms with E-state index < -0.39 is 16.7 Å². The molecule has 2 aromatic rings. The number of rotatable bonds is 4. The van der Waals surface area contributed by atoms with Gasteiger partial charge in [0.2, 0.25) is 0 Å². The summed E-state index contributed by atoms with van der Waals surface area (Å²) in [5.41, 5.74) is 6.72. The maximum Gasteiger partial charge on any atom is 0.270 e. The Labute approximate surface area is 158 Å². The molecule has 3 N–H and O–H groups in total. The largest absolute Gasteiger partial charge is 0.365 e. The van der Waals surface area contributed by atoms with Crippen LogP contribution in [-0.2, 0) is 12.8 Å². The monoisotopic (exact) mass is 393 g/mol. The topological polar surface area (TPSA) is 115 Å². The van der Waals surface area contributed by atoms with E-state index in [-0.39, 0.29) is 16.3 Å². The predicted molar refractivity (Wildman–Crippen MR) is 100 cm³/mol. The fourth-order valence-corrected chi connectivity index (χ4v) is 4.61. The smallest absolute Gasteiger partial charge is 0.270 e. The van der Waals surface area contributed by atoms with Crippen molar-refractivity contribution in [3.05, 3.63) is 54.9 Å². The minimum atomic E-state index is -0.588. The van der Waals surface area contributed by atoms with E-state index in [1.165, 1.54) is 23.5 Å². The summed E-state index contributed by atoms with van der Waals surface area (Å²) in [6.07, 6.45) is 4.73. The van der Waals surface area contributed by atoms with Crippen molar-refractivity contribution < 1.29 is 14.5 Å². The van der Waals surface area contributed by atoms with Crippen molar-refractivity contribution in [3.8, 4) is 0 Å². The van der Waals surface area contributed by atoms with Gasteiger partial charge in [-0.05, 0) is 37.3 Å². The van der Waals surface area contributed by atoms with Gasteiger partial charge >= 0.3 is 0 Å². The number of primary amides is 1. The number of carbonyl (C=O) groups excluding carboxylic acids is 2. The summed E-state index contributed by atoms with van der Waals surface area (Å²) in [5.74, 6) is -1.11. The first-order valence-electron chi connectivity index (χ1n) is 8.08. The zero-order chi connectivity index (χ0) is 18.8. The third kappa shape index (κ3) is 3.56. The minimum Gasteiger partial charge on any atom is -0.365 e. The van der Waals surface area contributed by atoms with Crippen LogP contribution in [0, 0.1) is 10.1 Å². The first kappa shape index (κ1) is 18.3. The average molecular weight is 394 g/mol. The lowest BCUT2D eigenvalue weighted by atomic mass is 10.1. The molecule has 1 aliphatic carbocycles. The zero-order valence-corrected chi connectivity index (χ0v) is 15.3. The van der Waals surface area contributed by atoms with Crippen molar-refractivity contribution >= 4 is 45.4 Å². The molecule has 0 saturated carbocycles. The second-order valence-electron chi connectivity index (χ2n) is 6.01. The minimum absolute atomic E-state index is 0.0320. The van der Waals surface area contributed by atoms with E-state index in [0.717, 1.165) is 48.6 Å². The Morgan fingerprint density at radius 2 is 1.96 bits per heavy atom. The third-order valence-electron chi connectivity index (χ3n) is 4.30. The van der Waals surface area contributed by atoms with Gasteiger partial charge in [-0.25, -0.2) is 0 Å². The fraction of sp³-hybridized carbons (Fsp3) is 0.294.